The number of hydrogen-bond acceptors (Lipinski definition) is 3. The lowest BCUT2D eigenvalue weighted by molar-refractivity contribution is -0.120. The summed E-state index contributed by atoms with van der Waals surface area (Å²) in [6.45, 7) is 2.42. The Balaban J connectivity index is 1.41. The summed E-state index contributed by atoms with van der Waals surface area (Å²) in [7, 11) is -3.72. The van der Waals surface area contributed by atoms with Gasteiger partial charge in [-0.15, -0.1) is 0 Å². The first kappa shape index (κ1) is 19.4. The maximum absolute atomic E-state index is 12.8. The smallest absolute Gasteiger partial charge is 0.280 e. The van der Waals surface area contributed by atoms with E-state index >= 15 is 0 Å². The van der Waals surface area contributed by atoms with Gasteiger partial charge in [0.15, 0.2) is 0 Å². The van der Waals surface area contributed by atoms with Gasteiger partial charge in [0.25, 0.3) is 10.2 Å². The van der Waals surface area contributed by atoms with Gasteiger partial charge in [0.05, 0.1) is 6.54 Å². The molecular weight excluding hydrogens is 398 g/mol. The summed E-state index contributed by atoms with van der Waals surface area (Å²) in [6, 6.07) is 16.7. The standard InChI is InChI=1S/C20H22ClN3O3S/c1-14-19(15-5-3-2-4-6-15)20(14)22-28(26,27)23-11-12-24(18(25)13-23)17-9-7-16(21)8-10-17/h2-10,14,19-20,22H,11-13H2,1H3/t14-,19-,20+/m1/s1. The first-order chi connectivity index (χ1) is 13.4. The first-order valence-electron chi connectivity index (χ1n) is 9.25. The fourth-order valence-corrected chi connectivity index (χ4v) is 5.41. The van der Waals surface area contributed by atoms with E-state index in [-0.39, 0.29) is 36.9 Å². The van der Waals surface area contributed by atoms with Crippen LogP contribution in [0.4, 0.5) is 5.69 Å². The molecule has 0 unspecified atom stereocenters. The van der Waals surface area contributed by atoms with Crippen LogP contribution in [0.2, 0.25) is 5.02 Å². The van der Waals surface area contributed by atoms with E-state index in [2.05, 4.69) is 4.72 Å². The van der Waals surface area contributed by atoms with Crippen molar-refractivity contribution in [2.45, 2.75) is 18.9 Å². The summed E-state index contributed by atoms with van der Waals surface area (Å²) in [5.74, 6) is 0.146. The minimum absolute atomic E-state index is 0.142. The molecular formula is C20H22ClN3O3S. The molecule has 0 bridgehead atoms. The molecule has 2 aliphatic rings. The molecule has 1 saturated heterocycles. The van der Waals surface area contributed by atoms with Crippen molar-refractivity contribution in [1.29, 1.82) is 0 Å². The molecule has 4 rings (SSSR count). The number of hydrogen-bond donors (Lipinski definition) is 1. The molecule has 2 aromatic rings. The van der Waals surface area contributed by atoms with Gasteiger partial charge in [0.1, 0.15) is 0 Å². The average Bonchev–Trinajstić information content (AvgIpc) is 3.31. The van der Waals surface area contributed by atoms with Crippen LogP contribution in [0.25, 0.3) is 0 Å². The van der Waals surface area contributed by atoms with Crippen molar-refractivity contribution in [1.82, 2.24) is 9.03 Å². The molecule has 2 fully saturated rings. The molecule has 28 heavy (non-hydrogen) atoms. The Labute approximate surface area is 170 Å². The number of nitrogens with zero attached hydrogens (tertiary/aromatic N) is 2. The Morgan fingerprint density at radius 1 is 1.04 bits per heavy atom. The summed E-state index contributed by atoms with van der Waals surface area (Å²) in [6.07, 6.45) is 0. The zero-order chi connectivity index (χ0) is 19.9. The molecule has 6 nitrogen and oxygen atoms in total. The molecule has 0 spiro atoms. The zero-order valence-electron chi connectivity index (χ0n) is 15.5. The van der Waals surface area contributed by atoms with Gasteiger partial charge in [-0.25, -0.2) is 0 Å². The van der Waals surface area contributed by atoms with Crippen LogP contribution in [0.1, 0.15) is 18.4 Å². The zero-order valence-corrected chi connectivity index (χ0v) is 17.0. The maximum atomic E-state index is 12.8. The Morgan fingerprint density at radius 2 is 1.71 bits per heavy atom. The van der Waals surface area contributed by atoms with Crippen molar-refractivity contribution in [3.05, 3.63) is 65.2 Å². The predicted octanol–water partition coefficient (Wildman–Crippen LogP) is 2.63. The van der Waals surface area contributed by atoms with Crippen LogP contribution >= 0.6 is 11.6 Å². The molecule has 1 amide bonds. The Bertz CT molecular complexity index is 966. The van der Waals surface area contributed by atoms with Gasteiger partial charge in [-0.1, -0.05) is 48.9 Å². The second kappa shape index (κ2) is 7.48. The fraction of sp³-hybridized carbons (Fsp3) is 0.350. The molecule has 8 heteroatoms. The van der Waals surface area contributed by atoms with Crippen LogP contribution in [-0.2, 0) is 15.0 Å². The lowest BCUT2D eigenvalue weighted by Gasteiger charge is -2.33. The van der Waals surface area contributed by atoms with Crippen LogP contribution in [0, 0.1) is 5.92 Å². The van der Waals surface area contributed by atoms with E-state index in [1.807, 2.05) is 37.3 Å². The molecule has 1 saturated carbocycles. The third kappa shape index (κ3) is 3.80. The third-order valence-corrected chi connectivity index (χ3v) is 7.33. The SMILES string of the molecule is C[C@H]1[C@H](NS(=O)(=O)N2CCN(c3ccc(Cl)cc3)C(=O)C2)[C@H]1c1ccccc1. The lowest BCUT2D eigenvalue weighted by atomic mass is 10.1. The number of amides is 1. The molecule has 0 aromatic heterocycles. The Kier molecular flexibility index (Phi) is 5.18. The molecule has 3 atom stereocenters. The predicted molar refractivity (Wildman–Crippen MR) is 110 cm³/mol. The van der Waals surface area contributed by atoms with Gasteiger partial charge in [-0.3, -0.25) is 4.79 Å². The van der Waals surface area contributed by atoms with E-state index in [1.165, 1.54) is 4.31 Å². The van der Waals surface area contributed by atoms with Crippen molar-refractivity contribution in [3.8, 4) is 0 Å². The van der Waals surface area contributed by atoms with Crippen molar-refractivity contribution < 1.29 is 13.2 Å². The van der Waals surface area contributed by atoms with E-state index in [1.54, 1.807) is 29.2 Å². The maximum Gasteiger partial charge on any atom is 0.280 e. The number of halogens is 1. The van der Waals surface area contributed by atoms with Crippen LogP contribution in [-0.4, -0.2) is 44.3 Å². The number of carbonyl (C=O) groups excluding carboxylic acids is 1. The molecule has 1 aliphatic heterocycles. The van der Waals surface area contributed by atoms with Gasteiger partial charge in [0, 0.05) is 35.8 Å². The summed E-state index contributed by atoms with van der Waals surface area (Å²) < 4.78 is 29.7. The normalized spacial score (nSPS) is 25.7. The molecule has 0 radical (unpaired) electrons. The fourth-order valence-electron chi connectivity index (χ4n) is 3.83. The van der Waals surface area contributed by atoms with Crippen LogP contribution in [0.5, 0.6) is 0 Å². The highest BCUT2D eigenvalue weighted by Gasteiger charge is 2.50. The first-order valence-corrected chi connectivity index (χ1v) is 11.1. The number of piperazine rings is 1. The minimum Gasteiger partial charge on any atom is -0.310 e. The van der Waals surface area contributed by atoms with Crippen molar-refractivity contribution in [3.63, 3.8) is 0 Å². The molecule has 2 aromatic carbocycles. The number of rotatable bonds is 5. The number of anilines is 1. The Morgan fingerprint density at radius 3 is 2.36 bits per heavy atom. The summed E-state index contributed by atoms with van der Waals surface area (Å²) in [5, 5.41) is 0.591. The number of benzene rings is 2. The largest absolute Gasteiger partial charge is 0.310 e. The highest BCUT2D eigenvalue weighted by Crippen LogP contribution is 2.47. The van der Waals surface area contributed by atoms with Crippen LogP contribution in [0.15, 0.2) is 54.6 Å². The number of carbonyl (C=O) groups is 1. The van der Waals surface area contributed by atoms with E-state index in [0.717, 1.165) is 11.3 Å². The monoisotopic (exact) mass is 419 g/mol. The summed E-state index contributed by atoms with van der Waals surface area (Å²) in [4.78, 5) is 14.1. The average molecular weight is 420 g/mol. The van der Waals surface area contributed by atoms with Crippen LogP contribution < -0.4 is 9.62 Å². The van der Waals surface area contributed by atoms with Gasteiger partial charge in [-0.2, -0.15) is 17.4 Å². The summed E-state index contributed by atoms with van der Waals surface area (Å²) >= 11 is 5.89. The van der Waals surface area contributed by atoms with Crippen molar-refractivity contribution in [2.75, 3.05) is 24.5 Å². The summed E-state index contributed by atoms with van der Waals surface area (Å²) in [5.41, 5.74) is 1.85. The van der Waals surface area contributed by atoms with E-state index in [9.17, 15) is 13.2 Å². The molecule has 148 valence electrons. The second-order valence-electron chi connectivity index (χ2n) is 7.30. The van der Waals surface area contributed by atoms with E-state index in [4.69, 9.17) is 11.6 Å². The number of nitrogens with one attached hydrogen (secondary N) is 1. The quantitative estimate of drug-likeness (QED) is 0.809. The van der Waals surface area contributed by atoms with Gasteiger partial charge < -0.3 is 4.90 Å². The van der Waals surface area contributed by atoms with Gasteiger partial charge >= 0.3 is 0 Å². The highest BCUT2D eigenvalue weighted by molar-refractivity contribution is 7.87. The van der Waals surface area contributed by atoms with E-state index < -0.39 is 10.2 Å². The highest BCUT2D eigenvalue weighted by atomic mass is 35.5. The molecule has 1 heterocycles. The second-order valence-corrected chi connectivity index (χ2v) is 9.44. The van der Waals surface area contributed by atoms with Gasteiger partial charge in [-0.05, 0) is 35.7 Å². The lowest BCUT2D eigenvalue weighted by Crippen LogP contribution is -2.55. The van der Waals surface area contributed by atoms with Crippen molar-refractivity contribution in [2.24, 2.45) is 5.92 Å². The minimum atomic E-state index is -3.72. The topological polar surface area (TPSA) is 69.7 Å². The van der Waals surface area contributed by atoms with Gasteiger partial charge in [0.2, 0.25) is 5.91 Å². The third-order valence-electron chi connectivity index (χ3n) is 5.51. The van der Waals surface area contributed by atoms with Crippen LogP contribution in [0.3, 0.4) is 0 Å². The molecule has 1 aliphatic carbocycles. The van der Waals surface area contributed by atoms with E-state index in [0.29, 0.717) is 11.6 Å². The van der Waals surface area contributed by atoms with Crippen molar-refractivity contribution >= 4 is 33.4 Å². The Hall–Kier alpha value is -1.93. The molecule has 1 N–H and O–H groups in total.